The molecule has 2 heteroatoms. The molecule has 0 bridgehead atoms. The fourth-order valence-electron chi connectivity index (χ4n) is 1.79. The van der Waals surface area contributed by atoms with Crippen LogP contribution in [0.3, 0.4) is 0 Å². The highest BCUT2D eigenvalue weighted by Gasteiger charge is 2.07. The van der Waals surface area contributed by atoms with E-state index in [1.165, 1.54) is 24.0 Å². The summed E-state index contributed by atoms with van der Waals surface area (Å²) in [6, 6.07) is 9.24. The molecule has 0 aromatic heterocycles. The number of nitrogens with one attached hydrogen (secondary N) is 1. The summed E-state index contributed by atoms with van der Waals surface area (Å²) in [5, 5.41) is 3.29. The van der Waals surface area contributed by atoms with Crippen LogP contribution in [0, 0.1) is 0 Å². The monoisotopic (exact) mass is 225 g/mol. The van der Waals surface area contributed by atoms with Crippen molar-refractivity contribution in [3.05, 3.63) is 35.4 Å². The van der Waals surface area contributed by atoms with Gasteiger partial charge in [0.1, 0.15) is 0 Å². The lowest BCUT2D eigenvalue weighted by molar-refractivity contribution is 0.579. The van der Waals surface area contributed by atoms with Crippen molar-refractivity contribution in [3.63, 3.8) is 0 Å². The largest absolute Gasteiger partial charge is 0.313 e. The van der Waals surface area contributed by atoms with E-state index in [1.54, 1.807) is 0 Å². The zero-order chi connectivity index (χ0) is 11.1. The van der Waals surface area contributed by atoms with Crippen molar-refractivity contribution in [1.29, 1.82) is 0 Å². The van der Waals surface area contributed by atoms with Gasteiger partial charge < -0.3 is 5.32 Å². The van der Waals surface area contributed by atoms with Crippen molar-refractivity contribution in [2.24, 2.45) is 0 Å². The number of aryl methyl sites for hydroxylation is 1. The molecule has 0 aliphatic rings. The van der Waals surface area contributed by atoms with Crippen molar-refractivity contribution in [1.82, 2.24) is 5.32 Å². The number of benzene rings is 1. The Morgan fingerprint density at radius 3 is 2.40 bits per heavy atom. The summed E-state index contributed by atoms with van der Waals surface area (Å²) < 4.78 is 0. The van der Waals surface area contributed by atoms with E-state index in [0.29, 0.717) is 11.9 Å². The van der Waals surface area contributed by atoms with E-state index in [-0.39, 0.29) is 0 Å². The van der Waals surface area contributed by atoms with Gasteiger partial charge in [0.2, 0.25) is 0 Å². The molecule has 1 rings (SSSR count). The molecule has 0 aliphatic carbocycles. The number of halogens is 1. The summed E-state index contributed by atoms with van der Waals surface area (Å²) in [7, 11) is 1.98. The first-order valence-electron chi connectivity index (χ1n) is 5.63. The Balaban J connectivity index is 2.68. The summed E-state index contributed by atoms with van der Waals surface area (Å²) in [6.45, 7) is 2.21. The molecule has 1 atom stereocenters. The zero-order valence-corrected chi connectivity index (χ0v) is 10.3. The van der Waals surface area contributed by atoms with E-state index in [4.69, 9.17) is 11.6 Å². The molecule has 0 radical (unpaired) electrons. The average Bonchev–Trinajstić information content (AvgIpc) is 2.28. The predicted molar refractivity (Wildman–Crippen MR) is 67.6 cm³/mol. The van der Waals surface area contributed by atoms with Crippen LogP contribution in [0.1, 0.15) is 36.9 Å². The highest BCUT2D eigenvalue weighted by Crippen LogP contribution is 2.18. The third-order valence-electron chi connectivity index (χ3n) is 2.67. The van der Waals surface area contributed by atoms with Crippen LogP contribution < -0.4 is 5.32 Å². The van der Waals surface area contributed by atoms with E-state index in [9.17, 15) is 0 Å². The molecule has 1 N–H and O–H groups in total. The fourth-order valence-corrected chi connectivity index (χ4v) is 2.01. The van der Waals surface area contributed by atoms with Gasteiger partial charge in [-0.3, -0.25) is 0 Å². The van der Waals surface area contributed by atoms with E-state index in [1.807, 2.05) is 7.05 Å². The molecule has 0 heterocycles. The first-order valence-corrected chi connectivity index (χ1v) is 6.17. The Bertz CT molecular complexity index is 268. The normalized spacial score (nSPS) is 12.7. The molecule has 1 aromatic rings. The van der Waals surface area contributed by atoms with Crippen molar-refractivity contribution in [2.75, 3.05) is 12.9 Å². The Kier molecular flexibility index (Phi) is 5.74. The van der Waals surface area contributed by atoms with Crippen LogP contribution in [0.5, 0.6) is 0 Å². The molecule has 1 nitrogen and oxygen atoms in total. The van der Waals surface area contributed by atoms with Crippen molar-refractivity contribution < 1.29 is 0 Å². The SMILES string of the molecule is CCCc1ccc(C(CCCl)NC)cc1. The molecular formula is C13H20ClN. The quantitative estimate of drug-likeness (QED) is 0.731. The summed E-state index contributed by atoms with van der Waals surface area (Å²) in [5.74, 6) is 0.697. The van der Waals surface area contributed by atoms with Crippen LogP contribution in [0.15, 0.2) is 24.3 Å². The molecule has 0 fully saturated rings. The standard InChI is InChI=1S/C13H20ClN/c1-3-4-11-5-7-12(8-6-11)13(15-2)9-10-14/h5-8,13,15H,3-4,9-10H2,1-2H3. The van der Waals surface area contributed by atoms with E-state index >= 15 is 0 Å². The summed E-state index contributed by atoms with van der Waals surface area (Å²) in [4.78, 5) is 0. The van der Waals surface area contributed by atoms with E-state index in [2.05, 4.69) is 36.5 Å². The molecular weight excluding hydrogens is 206 g/mol. The minimum Gasteiger partial charge on any atom is -0.313 e. The van der Waals surface area contributed by atoms with Gasteiger partial charge in [-0.1, -0.05) is 37.6 Å². The van der Waals surface area contributed by atoms with Gasteiger partial charge in [0, 0.05) is 11.9 Å². The van der Waals surface area contributed by atoms with Gasteiger partial charge in [-0.2, -0.15) is 0 Å². The van der Waals surface area contributed by atoms with Crippen LogP contribution in [-0.4, -0.2) is 12.9 Å². The molecule has 1 aromatic carbocycles. The Labute approximate surface area is 97.8 Å². The number of hydrogen-bond donors (Lipinski definition) is 1. The highest BCUT2D eigenvalue weighted by molar-refractivity contribution is 6.17. The molecule has 15 heavy (non-hydrogen) atoms. The van der Waals surface area contributed by atoms with Crippen molar-refractivity contribution in [2.45, 2.75) is 32.2 Å². The predicted octanol–water partition coefficient (Wildman–Crippen LogP) is 3.53. The van der Waals surface area contributed by atoms with Crippen LogP contribution in [0.4, 0.5) is 0 Å². The zero-order valence-electron chi connectivity index (χ0n) is 9.59. The molecule has 84 valence electrons. The second kappa shape index (κ2) is 6.86. The fraction of sp³-hybridized carbons (Fsp3) is 0.538. The van der Waals surface area contributed by atoms with E-state index in [0.717, 1.165) is 6.42 Å². The Morgan fingerprint density at radius 2 is 1.93 bits per heavy atom. The topological polar surface area (TPSA) is 12.0 Å². The number of alkyl halides is 1. The maximum Gasteiger partial charge on any atom is 0.0328 e. The Hall–Kier alpha value is -0.530. The lowest BCUT2D eigenvalue weighted by Crippen LogP contribution is -2.16. The van der Waals surface area contributed by atoms with Gasteiger partial charge in [0.05, 0.1) is 0 Å². The molecule has 0 saturated heterocycles. The van der Waals surface area contributed by atoms with Gasteiger partial charge in [-0.15, -0.1) is 11.6 Å². The van der Waals surface area contributed by atoms with Crippen LogP contribution >= 0.6 is 11.6 Å². The highest BCUT2D eigenvalue weighted by atomic mass is 35.5. The van der Waals surface area contributed by atoms with Gasteiger partial charge in [-0.05, 0) is 31.0 Å². The lowest BCUT2D eigenvalue weighted by atomic mass is 10.0. The van der Waals surface area contributed by atoms with Crippen molar-refractivity contribution in [3.8, 4) is 0 Å². The second-order valence-corrected chi connectivity index (χ2v) is 4.19. The summed E-state index contributed by atoms with van der Waals surface area (Å²) in [6.07, 6.45) is 3.35. The van der Waals surface area contributed by atoms with Gasteiger partial charge in [0.15, 0.2) is 0 Å². The molecule has 0 spiro atoms. The number of hydrogen-bond acceptors (Lipinski definition) is 1. The Morgan fingerprint density at radius 1 is 1.27 bits per heavy atom. The maximum absolute atomic E-state index is 5.77. The van der Waals surface area contributed by atoms with Gasteiger partial charge in [0.25, 0.3) is 0 Å². The molecule has 0 saturated carbocycles. The summed E-state index contributed by atoms with van der Waals surface area (Å²) in [5.41, 5.74) is 2.75. The minimum atomic E-state index is 0.387. The van der Waals surface area contributed by atoms with Crippen LogP contribution in [0.2, 0.25) is 0 Å². The lowest BCUT2D eigenvalue weighted by Gasteiger charge is -2.15. The summed E-state index contributed by atoms with van der Waals surface area (Å²) >= 11 is 5.77. The molecule has 1 unspecified atom stereocenters. The van der Waals surface area contributed by atoms with Crippen LogP contribution in [-0.2, 0) is 6.42 Å². The minimum absolute atomic E-state index is 0.387. The maximum atomic E-state index is 5.77. The smallest absolute Gasteiger partial charge is 0.0328 e. The third-order valence-corrected chi connectivity index (χ3v) is 2.89. The number of rotatable bonds is 6. The van der Waals surface area contributed by atoms with Crippen LogP contribution in [0.25, 0.3) is 0 Å². The van der Waals surface area contributed by atoms with Gasteiger partial charge >= 0.3 is 0 Å². The molecule has 0 aliphatic heterocycles. The van der Waals surface area contributed by atoms with Gasteiger partial charge in [-0.25, -0.2) is 0 Å². The first kappa shape index (κ1) is 12.5. The second-order valence-electron chi connectivity index (χ2n) is 3.81. The third kappa shape index (κ3) is 3.84. The van der Waals surface area contributed by atoms with Crippen molar-refractivity contribution >= 4 is 11.6 Å². The first-order chi connectivity index (χ1) is 7.31. The molecule has 0 amide bonds. The average molecular weight is 226 g/mol. The van der Waals surface area contributed by atoms with E-state index < -0.39 is 0 Å².